The molecule has 124 valence electrons. The van der Waals surface area contributed by atoms with Crippen LogP contribution in [0.3, 0.4) is 0 Å². The van der Waals surface area contributed by atoms with E-state index >= 15 is 0 Å². The van der Waals surface area contributed by atoms with Gasteiger partial charge in [-0.15, -0.1) is 12.4 Å². The van der Waals surface area contributed by atoms with Crippen molar-refractivity contribution in [2.75, 3.05) is 26.7 Å². The Morgan fingerprint density at radius 3 is 2.64 bits per heavy atom. The fourth-order valence-electron chi connectivity index (χ4n) is 2.84. The van der Waals surface area contributed by atoms with Crippen LogP contribution in [0.2, 0.25) is 5.02 Å². The fourth-order valence-corrected chi connectivity index (χ4v) is 3.11. The molecular formula is C15H23Cl2N3O2. The van der Waals surface area contributed by atoms with E-state index in [1.165, 1.54) is 25.3 Å². The second-order valence-electron chi connectivity index (χ2n) is 5.65. The van der Waals surface area contributed by atoms with Gasteiger partial charge in [0.2, 0.25) is 0 Å². The molecule has 0 radical (unpaired) electrons. The number of nitro benzene ring substituents is 1. The van der Waals surface area contributed by atoms with Crippen LogP contribution in [0.25, 0.3) is 0 Å². The summed E-state index contributed by atoms with van der Waals surface area (Å²) >= 11 is 5.96. The van der Waals surface area contributed by atoms with Crippen LogP contribution in [0.15, 0.2) is 18.2 Å². The molecule has 0 amide bonds. The number of nitrogens with one attached hydrogen (secondary N) is 1. The molecule has 0 aliphatic carbocycles. The van der Waals surface area contributed by atoms with Crippen LogP contribution in [0.5, 0.6) is 0 Å². The summed E-state index contributed by atoms with van der Waals surface area (Å²) in [5, 5.41) is 14.2. The van der Waals surface area contributed by atoms with Gasteiger partial charge in [-0.05, 0) is 63.5 Å². The van der Waals surface area contributed by atoms with E-state index in [9.17, 15) is 10.1 Å². The number of likely N-dealkylation sites (tertiary alicyclic amines) is 1. The monoisotopic (exact) mass is 347 g/mol. The van der Waals surface area contributed by atoms with Gasteiger partial charge in [-0.25, -0.2) is 0 Å². The molecule has 0 bridgehead atoms. The molecule has 1 aliphatic heterocycles. The Morgan fingerprint density at radius 1 is 1.41 bits per heavy atom. The molecule has 0 aromatic heterocycles. The Balaban J connectivity index is 0.00000242. The summed E-state index contributed by atoms with van der Waals surface area (Å²) in [6.45, 7) is 4.07. The molecule has 1 aromatic carbocycles. The number of hydrogen-bond acceptors (Lipinski definition) is 4. The van der Waals surface area contributed by atoms with Crippen LogP contribution in [-0.4, -0.2) is 36.5 Å². The normalized spacial score (nSPS) is 16.3. The molecule has 22 heavy (non-hydrogen) atoms. The van der Waals surface area contributed by atoms with Crippen molar-refractivity contribution in [3.63, 3.8) is 0 Å². The number of nitrogens with zero attached hydrogens (tertiary/aromatic N) is 2. The van der Waals surface area contributed by atoms with E-state index in [1.54, 1.807) is 12.1 Å². The van der Waals surface area contributed by atoms with Crippen molar-refractivity contribution in [3.8, 4) is 0 Å². The predicted molar refractivity (Wildman–Crippen MR) is 91.9 cm³/mol. The van der Waals surface area contributed by atoms with Gasteiger partial charge in [-0.2, -0.15) is 0 Å². The third-order valence-corrected chi connectivity index (χ3v) is 4.43. The third-order valence-electron chi connectivity index (χ3n) is 4.12. The van der Waals surface area contributed by atoms with Crippen LogP contribution < -0.4 is 5.32 Å². The van der Waals surface area contributed by atoms with Crippen molar-refractivity contribution < 1.29 is 4.92 Å². The topological polar surface area (TPSA) is 58.4 Å². The van der Waals surface area contributed by atoms with Crippen molar-refractivity contribution in [2.45, 2.75) is 25.8 Å². The summed E-state index contributed by atoms with van der Waals surface area (Å²) in [4.78, 5) is 12.7. The second-order valence-corrected chi connectivity index (χ2v) is 6.06. The highest BCUT2D eigenvalue weighted by molar-refractivity contribution is 6.32. The first-order valence-corrected chi connectivity index (χ1v) is 7.77. The summed E-state index contributed by atoms with van der Waals surface area (Å²) in [5.74, 6) is 0.814. The highest BCUT2D eigenvalue weighted by Gasteiger charge is 2.19. The lowest BCUT2D eigenvalue weighted by Crippen LogP contribution is -2.34. The van der Waals surface area contributed by atoms with Gasteiger partial charge in [0, 0.05) is 12.6 Å². The first kappa shape index (κ1) is 19.2. The van der Waals surface area contributed by atoms with E-state index in [-0.39, 0.29) is 23.1 Å². The van der Waals surface area contributed by atoms with Gasteiger partial charge in [0.15, 0.2) is 0 Å². The fraction of sp³-hybridized carbons (Fsp3) is 0.600. The summed E-state index contributed by atoms with van der Waals surface area (Å²) in [5.41, 5.74) is 1.02. The van der Waals surface area contributed by atoms with Crippen LogP contribution >= 0.6 is 24.0 Å². The van der Waals surface area contributed by atoms with E-state index < -0.39 is 4.92 Å². The molecule has 0 unspecified atom stereocenters. The predicted octanol–water partition coefficient (Wildman–Crippen LogP) is 3.49. The first-order chi connectivity index (χ1) is 10.1. The number of hydrogen-bond donors (Lipinski definition) is 1. The molecule has 0 saturated carbocycles. The molecule has 0 atom stereocenters. The Morgan fingerprint density at radius 2 is 2.09 bits per heavy atom. The highest BCUT2D eigenvalue weighted by Crippen LogP contribution is 2.27. The van der Waals surface area contributed by atoms with Crippen molar-refractivity contribution in [1.82, 2.24) is 10.2 Å². The molecule has 5 nitrogen and oxygen atoms in total. The van der Waals surface area contributed by atoms with Crippen LogP contribution in [-0.2, 0) is 6.54 Å². The van der Waals surface area contributed by atoms with Crippen LogP contribution in [0.4, 0.5) is 5.69 Å². The average molecular weight is 348 g/mol. The average Bonchev–Trinajstić information content (AvgIpc) is 2.46. The largest absolute Gasteiger partial charge is 0.320 e. The zero-order valence-electron chi connectivity index (χ0n) is 12.8. The first-order valence-electron chi connectivity index (χ1n) is 7.40. The molecule has 1 aliphatic rings. The molecule has 1 heterocycles. The molecular weight excluding hydrogens is 325 g/mol. The standard InChI is InChI=1S/C15H22ClN3O2.ClH/c1-17-7-4-12-5-8-18(9-6-12)11-13-2-3-15(19(20)21)14(16)10-13;/h2-3,10,12,17H,4-9,11H2,1H3;1H. The van der Waals surface area contributed by atoms with E-state index in [4.69, 9.17) is 11.6 Å². The van der Waals surface area contributed by atoms with Crippen LogP contribution in [0.1, 0.15) is 24.8 Å². The lowest BCUT2D eigenvalue weighted by molar-refractivity contribution is -0.384. The summed E-state index contributed by atoms with van der Waals surface area (Å²) in [6.07, 6.45) is 3.69. The van der Waals surface area contributed by atoms with E-state index in [2.05, 4.69) is 10.2 Å². The molecule has 7 heteroatoms. The van der Waals surface area contributed by atoms with Crippen molar-refractivity contribution in [1.29, 1.82) is 0 Å². The quantitative estimate of drug-likeness (QED) is 0.632. The number of halogens is 2. The molecule has 1 saturated heterocycles. The number of nitro groups is 1. The van der Waals surface area contributed by atoms with E-state index in [0.717, 1.165) is 37.7 Å². The molecule has 1 N–H and O–H groups in total. The second kappa shape index (κ2) is 9.30. The maximum Gasteiger partial charge on any atom is 0.287 e. The Bertz CT molecular complexity index is 492. The van der Waals surface area contributed by atoms with Gasteiger partial charge >= 0.3 is 0 Å². The maximum atomic E-state index is 10.8. The minimum atomic E-state index is -0.445. The zero-order valence-corrected chi connectivity index (χ0v) is 14.3. The van der Waals surface area contributed by atoms with Crippen molar-refractivity contribution in [3.05, 3.63) is 38.9 Å². The Labute approximate surface area is 142 Å². The number of rotatable bonds is 6. The Kier molecular flexibility index (Phi) is 8.10. The lowest BCUT2D eigenvalue weighted by atomic mass is 9.93. The van der Waals surface area contributed by atoms with E-state index in [0.29, 0.717) is 0 Å². The number of benzene rings is 1. The molecule has 1 aromatic rings. The summed E-state index contributed by atoms with van der Waals surface area (Å²) in [6, 6.07) is 5.02. The minimum absolute atomic E-state index is 0. The highest BCUT2D eigenvalue weighted by atomic mass is 35.5. The van der Waals surface area contributed by atoms with Gasteiger partial charge in [0.05, 0.1) is 4.92 Å². The molecule has 1 fully saturated rings. The van der Waals surface area contributed by atoms with Crippen LogP contribution in [0, 0.1) is 16.0 Å². The van der Waals surface area contributed by atoms with Gasteiger partial charge in [-0.3, -0.25) is 15.0 Å². The minimum Gasteiger partial charge on any atom is -0.320 e. The van der Waals surface area contributed by atoms with Crippen molar-refractivity contribution in [2.24, 2.45) is 5.92 Å². The Hall–Kier alpha value is -0.880. The number of piperidine rings is 1. The van der Waals surface area contributed by atoms with Gasteiger partial charge in [-0.1, -0.05) is 17.7 Å². The van der Waals surface area contributed by atoms with Gasteiger partial charge < -0.3 is 5.32 Å². The van der Waals surface area contributed by atoms with E-state index in [1.807, 2.05) is 7.05 Å². The van der Waals surface area contributed by atoms with Gasteiger partial charge in [0.1, 0.15) is 5.02 Å². The van der Waals surface area contributed by atoms with Crippen molar-refractivity contribution >= 4 is 29.7 Å². The lowest BCUT2D eigenvalue weighted by Gasteiger charge is -2.32. The third kappa shape index (κ3) is 5.39. The maximum absolute atomic E-state index is 10.8. The molecule has 2 rings (SSSR count). The van der Waals surface area contributed by atoms with Gasteiger partial charge in [0.25, 0.3) is 5.69 Å². The zero-order chi connectivity index (χ0) is 15.2. The smallest absolute Gasteiger partial charge is 0.287 e. The summed E-state index contributed by atoms with van der Waals surface area (Å²) in [7, 11) is 1.99. The molecule has 0 spiro atoms. The SMILES string of the molecule is CNCCC1CCN(Cc2ccc([N+](=O)[O-])c(Cl)c2)CC1.Cl. The summed E-state index contributed by atoms with van der Waals surface area (Å²) < 4.78 is 0.